The van der Waals surface area contributed by atoms with Gasteiger partial charge < -0.3 is 25.2 Å². The number of ether oxygens (including phenoxy) is 2. The van der Waals surface area contributed by atoms with Crippen molar-refractivity contribution < 1.29 is 29.0 Å². The Morgan fingerprint density at radius 3 is 1.97 bits per heavy atom. The van der Waals surface area contributed by atoms with Gasteiger partial charge >= 0.3 is 12.1 Å². The molecule has 2 aromatic rings. The molecule has 1 aliphatic carbocycles. The van der Waals surface area contributed by atoms with Crippen LogP contribution >= 0.6 is 0 Å². The molecular weight excluding hydrogens is 436 g/mol. The molecule has 8 nitrogen and oxygen atoms in total. The van der Waals surface area contributed by atoms with Crippen LogP contribution in [0, 0.1) is 5.41 Å². The molecule has 1 unspecified atom stereocenters. The lowest BCUT2D eigenvalue weighted by Gasteiger charge is -2.33. The van der Waals surface area contributed by atoms with Crippen LogP contribution in [0.15, 0.2) is 48.5 Å². The average molecular weight is 469 g/mol. The normalized spacial score (nSPS) is 15.4. The second-order valence-corrected chi connectivity index (χ2v) is 9.83. The summed E-state index contributed by atoms with van der Waals surface area (Å²) >= 11 is 0. The fourth-order valence-corrected chi connectivity index (χ4v) is 4.22. The largest absolute Gasteiger partial charge is 0.479 e. The second-order valence-electron chi connectivity index (χ2n) is 9.83. The molecule has 0 bridgehead atoms. The first-order valence-corrected chi connectivity index (χ1v) is 11.1. The van der Waals surface area contributed by atoms with Crippen molar-refractivity contribution in [2.24, 2.45) is 5.41 Å². The van der Waals surface area contributed by atoms with Gasteiger partial charge in [-0.2, -0.15) is 0 Å². The number of rotatable bonds is 8. The van der Waals surface area contributed by atoms with Crippen LogP contribution in [0.2, 0.25) is 0 Å². The van der Waals surface area contributed by atoms with Crippen molar-refractivity contribution >= 4 is 18.0 Å². The Bertz CT molecular complexity index is 1030. The molecule has 34 heavy (non-hydrogen) atoms. The zero-order chi connectivity index (χ0) is 25.1. The molecule has 0 fully saturated rings. The summed E-state index contributed by atoms with van der Waals surface area (Å²) in [6, 6.07) is 15.0. The number of nitrogens with one attached hydrogen (secondary N) is 2. The first-order valence-electron chi connectivity index (χ1n) is 11.1. The van der Waals surface area contributed by atoms with E-state index in [1.165, 1.54) is 14.0 Å². The van der Waals surface area contributed by atoms with Gasteiger partial charge in [0.15, 0.2) is 5.54 Å². The molecule has 1 aliphatic rings. The van der Waals surface area contributed by atoms with E-state index in [9.17, 15) is 19.5 Å². The Labute approximate surface area is 199 Å². The van der Waals surface area contributed by atoms with Crippen molar-refractivity contribution in [2.45, 2.75) is 45.2 Å². The third kappa shape index (κ3) is 5.22. The summed E-state index contributed by atoms with van der Waals surface area (Å²) in [6.45, 7) is 6.55. The van der Waals surface area contributed by atoms with Gasteiger partial charge in [-0.25, -0.2) is 9.59 Å². The van der Waals surface area contributed by atoms with Crippen molar-refractivity contribution in [3.8, 4) is 11.1 Å². The summed E-state index contributed by atoms with van der Waals surface area (Å²) < 4.78 is 10.5. The molecule has 8 heteroatoms. The van der Waals surface area contributed by atoms with Crippen molar-refractivity contribution in [1.29, 1.82) is 0 Å². The molecule has 182 valence electrons. The van der Waals surface area contributed by atoms with E-state index in [2.05, 4.69) is 10.6 Å². The van der Waals surface area contributed by atoms with Crippen molar-refractivity contribution in [1.82, 2.24) is 10.6 Å². The SMILES string of the molecule is COCC(C)(NC(=O)[C@H](NC(=O)OCC1c2ccccc2-c2ccccc21)C(C)(C)C)C(=O)O. The Morgan fingerprint density at radius 1 is 0.971 bits per heavy atom. The molecule has 2 aromatic carbocycles. The molecule has 0 saturated carbocycles. The minimum atomic E-state index is -1.64. The molecule has 2 amide bonds. The Balaban J connectivity index is 1.72. The predicted octanol–water partition coefficient (Wildman–Crippen LogP) is 3.55. The lowest BCUT2D eigenvalue weighted by Crippen LogP contribution is -2.62. The van der Waals surface area contributed by atoms with E-state index in [0.717, 1.165) is 22.3 Å². The third-order valence-corrected chi connectivity index (χ3v) is 6.04. The molecule has 0 radical (unpaired) electrons. The van der Waals surface area contributed by atoms with Crippen LogP contribution in [0.3, 0.4) is 0 Å². The van der Waals surface area contributed by atoms with Gasteiger partial charge in [0, 0.05) is 13.0 Å². The van der Waals surface area contributed by atoms with Crippen LogP contribution in [-0.4, -0.2) is 55.0 Å². The highest BCUT2D eigenvalue weighted by Crippen LogP contribution is 2.44. The number of amides is 2. The first-order chi connectivity index (χ1) is 16.0. The van der Waals surface area contributed by atoms with Crippen LogP contribution in [0.25, 0.3) is 11.1 Å². The van der Waals surface area contributed by atoms with Gasteiger partial charge in [0.05, 0.1) is 6.61 Å². The van der Waals surface area contributed by atoms with E-state index < -0.39 is 35.0 Å². The lowest BCUT2D eigenvalue weighted by molar-refractivity contribution is -0.150. The number of hydrogen-bond donors (Lipinski definition) is 3. The molecule has 0 heterocycles. The van der Waals surface area contributed by atoms with Gasteiger partial charge in [-0.05, 0) is 34.6 Å². The van der Waals surface area contributed by atoms with Gasteiger partial charge in [0.2, 0.25) is 5.91 Å². The molecule has 0 aliphatic heterocycles. The number of methoxy groups -OCH3 is 1. The van der Waals surface area contributed by atoms with Crippen molar-refractivity contribution in [2.75, 3.05) is 20.3 Å². The smallest absolute Gasteiger partial charge is 0.407 e. The molecule has 2 atom stereocenters. The van der Waals surface area contributed by atoms with E-state index >= 15 is 0 Å². The second kappa shape index (κ2) is 9.85. The lowest BCUT2D eigenvalue weighted by atomic mass is 9.85. The van der Waals surface area contributed by atoms with Crippen LogP contribution in [0.5, 0.6) is 0 Å². The summed E-state index contributed by atoms with van der Waals surface area (Å²) in [7, 11) is 1.35. The highest BCUT2D eigenvalue weighted by Gasteiger charge is 2.41. The maximum absolute atomic E-state index is 13.0. The van der Waals surface area contributed by atoms with E-state index in [1.807, 2.05) is 48.5 Å². The third-order valence-electron chi connectivity index (χ3n) is 6.04. The highest BCUT2D eigenvalue weighted by atomic mass is 16.5. The summed E-state index contributed by atoms with van der Waals surface area (Å²) in [4.78, 5) is 37.4. The number of carboxylic acids is 1. The van der Waals surface area contributed by atoms with E-state index in [1.54, 1.807) is 20.8 Å². The summed E-state index contributed by atoms with van der Waals surface area (Å²) in [5.41, 5.74) is 2.05. The number of carbonyl (C=O) groups is 3. The van der Waals surface area contributed by atoms with Gasteiger partial charge in [0.1, 0.15) is 12.6 Å². The number of fused-ring (bicyclic) bond motifs is 3. The number of hydrogen-bond acceptors (Lipinski definition) is 5. The first kappa shape index (κ1) is 25.2. The summed E-state index contributed by atoms with van der Waals surface area (Å²) in [5.74, 6) is -1.99. The zero-order valence-corrected chi connectivity index (χ0v) is 20.2. The standard InChI is InChI=1S/C26H32N2O6/c1-25(2,3)21(22(29)28-26(4,15-33-5)23(30)31)27-24(32)34-14-20-18-12-8-6-10-16(18)17-11-7-9-13-19(17)20/h6-13,20-21H,14-15H2,1-5H3,(H,27,32)(H,28,29)(H,30,31)/t21-,26?/m0/s1. The number of carbonyl (C=O) groups excluding carboxylic acids is 2. The molecule has 3 N–H and O–H groups in total. The molecule has 0 spiro atoms. The van der Waals surface area contributed by atoms with E-state index in [4.69, 9.17) is 9.47 Å². The maximum atomic E-state index is 13.0. The minimum absolute atomic E-state index is 0.106. The Kier molecular flexibility index (Phi) is 7.31. The summed E-state index contributed by atoms with van der Waals surface area (Å²) in [5, 5.41) is 14.7. The van der Waals surface area contributed by atoms with E-state index in [0.29, 0.717) is 0 Å². The van der Waals surface area contributed by atoms with Crippen LogP contribution in [0.4, 0.5) is 4.79 Å². The van der Waals surface area contributed by atoms with Gasteiger partial charge in [-0.1, -0.05) is 69.3 Å². The van der Waals surface area contributed by atoms with Crippen molar-refractivity contribution in [3.63, 3.8) is 0 Å². The summed E-state index contributed by atoms with van der Waals surface area (Å²) in [6.07, 6.45) is -0.749. The maximum Gasteiger partial charge on any atom is 0.407 e. The van der Waals surface area contributed by atoms with E-state index in [-0.39, 0.29) is 19.1 Å². The predicted molar refractivity (Wildman–Crippen MR) is 128 cm³/mol. The number of benzene rings is 2. The van der Waals surface area contributed by atoms with Crippen LogP contribution in [0.1, 0.15) is 44.7 Å². The molecule has 0 saturated heterocycles. The number of carboxylic acid groups (broad SMARTS) is 1. The topological polar surface area (TPSA) is 114 Å². The fraction of sp³-hybridized carbons (Fsp3) is 0.423. The average Bonchev–Trinajstić information content (AvgIpc) is 3.09. The molecule has 0 aromatic heterocycles. The van der Waals surface area contributed by atoms with Gasteiger partial charge in [0.25, 0.3) is 0 Å². The van der Waals surface area contributed by atoms with Gasteiger partial charge in [-0.3, -0.25) is 4.79 Å². The van der Waals surface area contributed by atoms with Crippen LogP contribution < -0.4 is 10.6 Å². The monoisotopic (exact) mass is 468 g/mol. The fourth-order valence-electron chi connectivity index (χ4n) is 4.22. The number of alkyl carbamates (subject to hydrolysis) is 1. The van der Waals surface area contributed by atoms with Crippen molar-refractivity contribution in [3.05, 3.63) is 59.7 Å². The Morgan fingerprint density at radius 2 is 1.50 bits per heavy atom. The quantitative estimate of drug-likeness (QED) is 0.546. The minimum Gasteiger partial charge on any atom is -0.479 e. The Hall–Kier alpha value is -3.39. The molecule has 3 rings (SSSR count). The van der Waals surface area contributed by atoms with Gasteiger partial charge in [-0.15, -0.1) is 0 Å². The number of aliphatic carboxylic acids is 1. The highest BCUT2D eigenvalue weighted by molar-refractivity contribution is 5.91. The molecular formula is C26H32N2O6. The zero-order valence-electron chi connectivity index (χ0n) is 20.2. The van der Waals surface area contributed by atoms with Crippen LogP contribution in [-0.2, 0) is 19.1 Å².